The first kappa shape index (κ1) is 20.3. The molecule has 8 nitrogen and oxygen atoms in total. The van der Waals surface area contributed by atoms with E-state index < -0.39 is 24.0 Å². The van der Waals surface area contributed by atoms with Gasteiger partial charge < -0.3 is 19.5 Å². The molecule has 1 aromatic rings. The van der Waals surface area contributed by atoms with Gasteiger partial charge in [0.05, 0.1) is 19.3 Å². The Morgan fingerprint density at radius 2 is 1.80 bits per heavy atom. The second kappa shape index (κ2) is 9.51. The van der Waals surface area contributed by atoms with Crippen molar-refractivity contribution >= 4 is 17.9 Å². The van der Waals surface area contributed by atoms with Gasteiger partial charge in [0, 0.05) is 6.04 Å². The molecule has 0 radical (unpaired) electrons. The number of carbonyl (C=O) groups excluding carboxylic acids is 3. The van der Waals surface area contributed by atoms with Crippen molar-refractivity contribution in [3.8, 4) is 11.5 Å². The van der Waals surface area contributed by atoms with Crippen molar-refractivity contribution < 1.29 is 28.6 Å². The lowest BCUT2D eigenvalue weighted by Gasteiger charge is -2.15. The molecule has 0 aliphatic heterocycles. The number of rotatable bonds is 7. The molecular formula is C17H24N2O6. The van der Waals surface area contributed by atoms with Crippen LogP contribution in [0, 0.1) is 0 Å². The van der Waals surface area contributed by atoms with E-state index in [-0.39, 0.29) is 11.6 Å². The average molecular weight is 352 g/mol. The third-order valence-corrected chi connectivity index (χ3v) is 3.01. The quantitative estimate of drug-likeness (QED) is 0.726. The molecule has 1 rings (SSSR count). The highest BCUT2D eigenvalue weighted by Crippen LogP contribution is 2.28. The summed E-state index contributed by atoms with van der Waals surface area (Å²) in [5, 5.41) is 4.61. The van der Waals surface area contributed by atoms with E-state index in [1.807, 2.05) is 0 Å². The fraction of sp³-hybridized carbons (Fsp3) is 0.471. The number of benzene rings is 1. The standard InChI is InChI=1S/C17H24N2O6/c1-6-24-14-9-12(7-8-13(14)23-5)16(21)25-11(4)15(20)19-17(22)18-10(2)3/h7-11H,6H2,1-5H3,(H2,18,19,20,22)/t11-/m0/s1. The average Bonchev–Trinajstić information content (AvgIpc) is 2.54. The zero-order valence-electron chi connectivity index (χ0n) is 15.0. The molecule has 0 spiro atoms. The SMILES string of the molecule is CCOc1cc(C(=O)O[C@@H](C)C(=O)NC(=O)NC(C)C)ccc1OC. The number of urea groups is 1. The van der Waals surface area contributed by atoms with Crippen LogP contribution in [0.15, 0.2) is 18.2 Å². The number of esters is 1. The van der Waals surface area contributed by atoms with Gasteiger partial charge in [-0.1, -0.05) is 0 Å². The molecule has 25 heavy (non-hydrogen) atoms. The summed E-state index contributed by atoms with van der Waals surface area (Å²) >= 11 is 0. The lowest BCUT2D eigenvalue weighted by Crippen LogP contribution is -2.46. The van der Waals surface area contributed by atoms with Gasteiger partial charge in [-0.3, -0.25) is 10.1 Å². The number of hydrogen-bond donors (Lipinski definition) is 2. The minimum Gasteiger partial charge on any atom is -0.493 e. The van der Waals surface area contributed by atoms with E-state index in [1.54, 1.807) is 26.8 Å². The van der Waals surface area contributed by atoms with Crippen LogP contribution in [0.3, 0.4) is 0 Å². The van der Waals surface area contributed by atoms with Gasteiger partial charge in [0.15, 0.2) is 17.6 Å². The van der Waals surface area contributed by atoms with Crippen molar-refractivity contribution in [3.05, 3.63) is 23.8 Å². The summed E-state index contributed by atoms with van der Waals surface area (Å²) in [7, 11) is 1.49. The predicted molar refractivity (Wildman–Crippen MR) is 90.9 cm³/mol. The first-order chi connectivity index (χ1) is 11.8. The van der Waals surface area contributed by atoms with E-state index in [9.17, 15) is 14.4 Å². The Morgan fingerprint density at radius 1 is 1.12 bits per heavy atom. The molecule has 0 unspecified atom stereocenters. The van der Waals surface area contributed by atoms with Gasteiger partial charge in [0.1, 0.15) is 0 Å². The fourth-order valence-corrected chi connectivity index (χ4v) is 1.87. The van der Waals surface area contributed by atoms with Gasteiger partial charge in [-0.2, -0.15) is 0 Å². The largest absolute Gasteiger partial charge is 0.493 e. The molecule has 0 aliphatic rings. The van der Waals surface area contributed by atoms with Gasteiger partial charge in [-0.25, -0.2) is 9.59 Å². The summed E-state index contributed by atoms with van der Waals surface area (Å²) in [6, 6.07) is 3.77. The molecule has 0 aliphatic carbocycles. The summed E-state index contributed by atoms with van der Waals surface area (Å²) in [4.78, 5) is 35.6. The molecule has 2 N–H and O–H groups in total. The maximum absolute atomic E-state index is 12.2. The predicted octanol–water partition coefficient (Wildman–Crippen LogP) is 1.87. The van der Waals surface area contributed by atoms with E-state index in [0.29, 0.717) is 18.1 Å². The summed E-state index contributed by atoms with van der Waals surface area (Å²) in [5.74, 6) is -0.553. The van der Waals surface area contributed by atoms with E-state index in [4.69, 9.17) is 14.2 Å². The molecule has 0 aromatic heterocycles. The topological polar surface area (TPSA) is 103 Å². The highest BCUT2D eigenvalue weighted by Gasteiger charge is 2.22. The van der Waals surface area contributed by atoms with Crippen LogP contribution >= 0.6 is 0 Å². The smallest absolute Gasteiger partial charge is 0.339 e. The molecule has 0 saturated heterocycles. The minimum absolute atomic E-state index is 0.123. The molecule has 1 atom stereocenters. The van der Waals surface area contributed by atoms with Gasteiger partial charge in [0.2, 0.25) is 0 Å². The number of methoxy groups -OCH3 is 1. The van der Waals surface area contributed by atoms with Crippen molar-refractivity contribution in [1.82, 2.24) is 10.6 Å². The normalized spacial score (nSPS) is 11.4. The second-order valence-corrected chi connectivity index (χ2v) is 5.46. The number of imide groups is 1. The zero-order valence-corrected chi connectivity index (χ0v) is 15.0. The third kappa shape index (κ3) is 6.33. The van der Waals surface area contributed by atoms with E-state index in [0.717, 1.165) is 0 Å². The lowest BCUT2D eigenvalue weighted by atomic mass is 10.2. The first-order valence-corrected chi connectivity index (χ1v) is 7.91. The Hall–Kier alpha value is -2.77. The van der Waals surface area contributed by atoms with Crippen LogP contribution in [0.1, 0.15) is 38.1 Å². The van der Waals surface area contributed by atoms with Gasteiger partial charge in [-0.15, -0.1) is 0 Å². The third-order valence-electron chi connectivity index (χ3n) is 3.01. The monoisotopic (exact) mass is 352 g/mol. The molecule has 0 heterocycles. The summed E-state index contributed by atoms with van der Waals surface area (Å²) < 4.78 is 15.6. The highest BCUT2D eigenvalue weighted by atomic mass is 16.5. The second-order valence-electron chi connectivity index (χ2n) is 5.46. The van der Waals surface area contributed by atoms with Crippen molar-refractivity contribution in [2.24, 2.45) is 0 Å². The summed E-state index contributed by atoms with van der Waals surface area (Å²) in [6.07, 6.45) is -1.14. The minimum atomic E-state index is -1.14. The fourth-order valence-electron chi connectivity index (χ4n) is 1.87. The number of amides is 3. The van der Waals surface area contributed by atoms with Crippen LogP contribution in [-0.2, 0) is 9.53 Å². The Balaban J connectivity index is 2.73. The van der Waals surface area contributed by atoms with Crippen LogP contribution in [0.25, 0.3) is 0 Å². The number of ether oxygens (including phenoxy) is 3. The molecule has 0 bridgehead atoms. The Kier molecular flexibility index (Phi) is 7.71. The Labute approximate surface area is 146 Å². The van der Waals surface area contributed by atoms with Crippen molar-refractivity contribution in [2.75, 3.05) is 13.7 Å². The Bertz CT molecular complexity index is 630. The van der Waals surface area contributed by atoms with E-state index in [1.165, 1.54) is 26.2 Å². The van der Waals surface area contributed by atoms with E-state index >= 15 is 0 Å². The number of carbonyl (C=O) groups is 3. The Morgan fingerprint density at radius 3 is 2.36 bits per heavy atom. The van der Waals surface area contributed by atoms with Gasteiger partial charge in [-0.05, 0) is 45.9 Å². The first-order valence-electron chi connectivity index (χ1n) is 7.91. The van der Waals surface area contributed by atoms with Crippen LogP contribution < -0.4 is 20.1 Å². The molecule has 1 aromatic carbocycles. The molecule has 138 valence electrons. The maximum Gasteiger partial charge on any atom is 0.339 e. The number of hydrogen-bond acceptors (Lipinski definition) is 6. The molecule has 0 fully saturated rings. The summed E-state index contributed by atoms with van der Waals surface area (Å²) in [6.45, 7) is 7.10. The van der Waals surface area contributed by atoms with E-state index in [2.05, 4.69) is 10.6 Å². The van der Waals surface area contributed by atoms with Crippen LogP contribution in [0.5, 0.6) is 11.5 Å². The van der Waals surface area contributed by atoms with Gasteiger partial charge >= 0.3 is 12.0 Å². The lowest BCUT2D eigenvalue weighted by molar-refractivity contribution is -0.127. The molecule has 8 heteroatoms. The van der Waals surface area contributed by atoms with Crippen molar-refractivity contribution in [2.45, 2.75) is 39.8 Å². The zero-order chi connectivity index (χ0) is 19.0. The van der Waals surface area contributed by atoms with Crippen molar-refractivity contribution in [3.63, 3.8) is 0 Å². The van der Waals surface area contributed by atoms with Crippen molar-refractivity contribution in [1.29, 1.82) is 0 Å². The van der Waals surface area contributed by atoms with Gasteiger partial charge in [0.25, 0.3) is 5.91 Å². The number of nitrogens with one attached hydrogen (secondary N) is 2. The molecule has 0 saturated carbocycles. The summed E-state index contributed by atoms with van der Waals surface area (Å²) in [5.41, 5.74) is 0.204. The molecular weight excluding hydrogens is 328 g/mol. The highest BCUT2D eigenvalue weighted by molar-refractivity contribution is 5.98. The van der Waals surface area contributed by atoms with Crippen LogP contribution in [0.2, 0.25) is 0 Å². The van der Waals surface area contributed by atoms with Crippen LogP contribution in [0.4, 0.5) is 4.79 Å². The van der Waals surface area contributed by atoms with Crippen LogP contribution in [-0.4, -0.2) is 43.8 Å². The maximum atomic E-state index is 12.2. The molecule has 3 amide bonds.